The van der Waals surface area contributed by atoms with Gasteiger partial charge in [0.25, 0.3) is 0 Å². The van der Waals surface area contributed by atoms with Gasteiger partial charge in [0.2, 0.25) is 5.91 Å². The van der Waals surface area contributed by atoms with Gasteiger partial charge in [-0.25, -0.2) is 0 Å². The molecule has 0 aromatic heterocycles. The Labute approximate surface area is 120 Å². The Kier molecular flexibility index (Phi) is 4.37. The fourth-order valence-electron chi connectivity index (χ4n) is 3.44. The van der Waals surface area contributed by atoms with Crippen LogP contribution in [0.4, 0.5) is 0 Å². The van der Waals surface area contributed by atoms with E-state index in [1.54, 1.807) is 0 Å². The summed E-state index contributed by atoms with van der Waals surface area (Å²) in [4.78, 5) is 28.0. The van der Waals surface area contributed by atoms with Gasteiger partial charge in [-0.1, -0.05) is 13.8 Å². The molecular formula is C15H26N2O3. The Bertz CT molecular complexity index is 391. The molecule has 0 saturated carbocycles. The van der Waals surface area contributed by atoms with Crippen molar-refractivity contribution in [3.05, 3.63) is 0 Å². The number of carboxylic acid groups (broad SMARTS) is 1. The number of hydrogen-bond acceptors (Lipinski definition) is 3. The van der Waals surface area contributed by atoms with E-state index in [9.17, 15) is 14.7 Å². The molecule has 2 aliphatic rings. The molecule has 0 aromatic carbocycles. The molecule has 20 heavy (non-hydrogen) atoms. The van der Waals surface area contributed by atoms with Gasteiger partial charge in [0.05, 0.1) is 11.5 Å². The van der Waals surface area contributed by atoms with Crippen molar-refractivity contribution in [2.45, 2.75) is 46.1 Å². The monoisotopic (exact) mass is 282 g/mol. The second-order valence-corrected chi connectivity index (χ2v) is 6.54. The van der Waals surface area contributed by atoms with Gasteiger partial charge in [-0.2, -0.15) is 0 Å². The van der Waals surface area contributed by atoms with Crippen LogP contribution in [-0.2, 0) is 9.59 Å². The standard InChI is InChI=1S/C15H26N2O3/c1-11(2)15(14(19)20)6-9-17(10-15)12(3)13(18)16-7-4-5-8-16/h11-12H,4-10H2,1-3H3,(H,19,20). The van der Waals surface area contributed by atoms with E-state index in [1.165, 1.54) is 0 Å². The van der Waals surface area contributed by atoms with Gasteiger partial charge < -0.3 is 10.0 Å². The number of amides is 1. The lowest BCUT2D eigenvalue weighted by Gasteiger charge is -2.31. The lowest BCUT2D eigenvalue weighted by atomic mass is 9.76. The van der Waals surface area contributed by atoms with E-state index in [0.29, 0.717) is 19.5 Å². The molecule has 1 N–H and O–H groups in total. The summed E-state index contributed by atoms with van der Waals surface area (Å²) in [6, 6.07) is -0.201. The highest BCUT2D eigenvalue weighted by atomic mass is 16.4. The summed E-state index contributed by atoms with van der Waals surface area (Å²) < 4.78 is 0. The number of carbonyl (C=O) groups excluding carboxylic acids is 1. The third-order valence-electron chi connectivity index (χ3n) is 5.18. The zero-order chi connectivity index (χ0) is 14.9. The minimum absolute atomic E-state index is 0.0825. The van der Waals surface area contributed by atoms with Crippen LogP contribution in [0.5, 0.6) is 0 Å². The predicted molar refractivity (Wildman–Crippen MR) is 76.4 cm³/mol. The summed E-state index contributed by atoms with van der Waals surface area (Å²) in [5, 5.41) is 9.56. The molecule has 2 rings (SSSR count). The Morgan fingerprint density at radius 3 is 2.15 bits per heavy atom. The lowest BCUT2D eigenvalue weighted by Crippen LogP contribution is -2.47. The van der Waals surface area contributed by atoms with E-state index < -0.39 is 11.4 Å². The topological polar surface area (TPSA) is 60.9 Å². The van der Waals surface area contributed by atoms with Gasteiger partial charge in [0.1, 0.15) is 0 Å². The molecule has 2 heterocycles. The first-order valence-corrected chi connectivity index (χ1v) is 7.65. The van der Waals surface area contributed by atoms with Crippen LogP contribution in [0.15, 0.2) is 0 Å². The minimum atomic E-state index is -0.726. The molecule has 0 aliphatic carbocycles. The Hall–Kier alpha value is -1.10. The summed E-state index contributed by atoms with van der Waals surface area (Å²) in [6.45, 7) is 8.73. The number of hydrogen-bond donors (Lipinski definition) is 1. The van der Waals surface area contributed by atoms with Crippen molar-refractivity contribution in [3.63, 3.8) is 0 Å². The van der Waals surface area contributed by atoms with E-state index >= 15 is 0 Å². The third-order valence-corrected chi connectivity index (χ3v) is 5.18. The second-order valence-electron chi connectivity index (χ2n) is 6.54. The molecular weight excluding hydrogens is 256 g/mol. The molecule has 2 fully saturated rings. The number of likely N-dealkylation sites (tertiary alicyclic amines) is 2. The maximum atomic E-state index is 12.4. The van der Waals surface area contributed by atoms with Crippen molar-refractivity contribution in [1.29, 1.82) is 0 Å². The molecule has 0 spiro atoms. The van der Waals surface area contributed by atoms with Crippen LogP contribution in [0.3, 0.4) is 0 Å². The molecule has 5 heteroatoms. The molecule has 2 atom stereocenters. The molecule has 0 bridgehead atoms. The Balaban J connectivity index is 2.04. The van der Waals surface area contributed by atoms with Crippen molar-refractivity contribution in [2.75, 3.05) is 26.2 Å². The highest BCUT2D eigenvalue weighted by Crippen LogP contribution is 2.39. The molecule has 0 aromatic rings. The normalized spacial score (nSPS) is 29.1. The average Bonchev–Trinajstić information content (AvgIpc) is 3.06. The Morgan fingerprint density at radius 2 is 1.70 bits per heavy atom. The summed E-state index contributed by atoms with van der Waals surface area (Å²) >= 11 is 0. The quantitative estimate of drug-likeness (QED) is 0.847. The van der Waals surface area contributed by atoms with Crippen molar-refractivity contribution < 1.29 is 14.7 Å². The highest BCUT2D eigenvalue weighted by molar-refractivity contribution is 5.82. The largest absolute Gasteiger partial charge is 0.481 e. The number of rotatable bonds is 4. The first-order chi connectivity index (χ1) is 9.38. The number of nitrogens with zero attached hydrogens (tertiary/aromatic N) is 2. The van der Waals surface area contributed by atoms with Crippen molar-refractivity contribution in [2.24, 2.45) is 11.3 Å². The average molecular weight is 282 g/mol. The van der Waals surface area contributed by atoms with Crippen LogP contribution in [0.2, 0.25) is 0 Å². The number of carboxylic acids is 1. The van der Waals surface area contributed by atoms with E-state index in [0.717, 1.165) is 25.9 Å². The molecule has 2 unspecified atom stereocenters. The highest BCUT2D eigenvalue weighted by Gasteiger charge is 2.49. The molecule has 2 saturated heterocycles. The van der Waals surface area contributed by atoms with Crippen LogP contribution >= 0.6 is 0 Å². The fraction of sp³-hybridized carbons (Fsp3) is 0.867. The van der Waals surface area contributed by atoms with Gasteiger partial charge in [0.15, 0.2) is 0 Å². The van der Waals surface area contributed by atoms with Gasteiger partial charge in [0, 0.05) is 26.2 Å². The Morgan fingerprint density at radius 1 is 1.10 bits per heavy atom. The van der Waals surface area contributed by atoms with Crippen LogP contribution in [0.1, 0.15) is 40.0 Å². The van der Waals surface area contributed by atoms with E-state index in [1.807, 2.05) is 25.7 Å². The van der Waals surface area contributed by atoms with E-state index in [-0.39, 0.29) is 17.9 Å². The predicted octanol–water partition coefficient (Wildman–Crippen LogP) is 1.43. The number of carbonyl (C=O) groups is 2. The molecule has 114 valence electrons. The molecule has 5 nitrogen and oxygen atoms in total. The maximum absolute atomic E-state index is 12.4. The zero-order valence-electron chi connectivity index (χ0n) is 12.8. The minimum Gasteiger partial charge on any atom is -0.481 e. The van der Waals surface area contributed by atoms with Gasteiger partial charge >= 0.3 is 5.97 Å². The summed E-state index contributed by atoms with van der Waals surface area (Å²) in [7, 11) is 0. The summed E-state index contributed by atoms with van der Waals surface area (Å²) in [6.07, 6.45) is 2.81. The lowest BCUT2D eigenvalue weighted by molar-refractivity contribution is -0.151. The maximum Gasteiger partial charge on any atom is 0.311 e. The van der Waals surface area contributed by atoms with Crippen LogP contribution in [0, 0.1) is 11.3 Å². The second kappa shape index (κ2) is 5.72. The van der Waals surface area contributed by atoms with Crippen LogP contribution in [0.25, 0.3) is 0 Å². The van der Waals surface area contributed by atoms with E-state index in [2.05, 4.69) is 4.90 Å². The van der Waals surface area contributed by atoms with Crippen LogP contribution in [-0.4, -0.2) is 59.0 Å². The summed E-state index contributed by atoms with van der Waals surface area (Å²) in [5.74, 6) is -0.484. The first kappa shape index (κ1) is 15.3. The fourth-order valence-corrected chi connectivity index (χ4v) is 3.44. The smallest absolute Gasteiger partial charge is 0.311 e. The van der Waals surface area contributed by atoms with Gasteiger partial charge in [-0.15, -0.1) is 0 Å². The number of aliphatic carboxylic acids is 1. The van der Waals surface area contributed by atoms with Gasteiger partial charge in [-0.3, -0.25) is 14.5 Å². The zero-order valence-corrected chi connectivity index (χ0v) is 12.8. The molecule has 2 aliphatic heterocycles. The van der Waals surface area contributed by atoms with Crippen LogP contribution < -0.4 is 0 Å². The van der Waals surface area contributed by atoms with E-state index in [4.69, 9.17) is 0 Å². The first-order valence-electron chi connectivity index (χ1n) is 7.65. The molecule has 0 radical (unpaired) electrons. The van der Waals surface area contributed by atoms with Crippen molar-refractivity contribution in [1.82, 2.24) is 9.80 Å². The SMILES string of the molecule is CC(C(=O)N1CCCC1)N1CCC(C(=O)O)(C(C)C)C1. The molecule has 1 amide bonds. The summed E-state index contributed by atoms with van der Waals surface area (Å²) in [5.41, 5.74) is -0.695. The van der Waals surface area contributed by atoms with Gasteiger partial charge in [-0.05, 0) is 32.1 Å². The third kappa shape index (κ3) is 2.55. The van der Waals surface area contributed by atoms with Crippen molar-refractivity contribution >= 4 is 11.9 Å². The van der Waals surface area contributed by atoms with Crippen molar-refractivity contribution in [3.8, 4) is 0 Å².